The van der Waals surface area contributed by atoms with Gasteiger partial charge in [-0.3, -0.25) is 0 Å². The summed E-state index contributed by atoms with van der Waals surface area (Å²) in [5, 5.41) is 19.0. The van der Waals surface area contributed by atoms with E-state index in [0.717, 1.165) is 11.1 Å². The molecular weight excluding hydrogens is 166 g/mol. The Morgan fingerprint density at radius 2 is 2.08 bits per heavy atom. The van der Waals surface area contributed by atoms with Gasteiger partial charge in [-0.1, -0.05) is 12.1 Å². The highest BCUT2D eigenvalue weighted by molar-refractivity contribution is 5.42. The van der Waals surface area contributed by atoms with Gasteiger partial charge in [-0.2, -0.15) is 0 Å². The summed E-state index contributed by atoms with van der Waals surface area (Å²) < 4.78 is 0. The third kappa shape index (κ3) is 1.41. The highest BCUT2D eigenvalue weighted by Crippen LogP contribution is 2.28. The number of aliphatic hydroxyl groups is 1. The van der Waals surface area contributed by atoms with Crippen LogP contribution in [-0.4, -0.2) is 22.4 Å². The highest BCUT2D eigenvalue weighted by Gasteiger charge is 2.25. The van der Waals surface area contributed by atoms with Gasteiger partial charge in [0, 0.05) is 12.5 Å². The fourth-order valence-corrected chi connectivity index (χ4v) is 1.80. The van der Waals surface area contributed by atoms with E-state index in [-0.39, 0.29) is 6.04 Å². The normalized spacial score (nSPS) is 26.9. The largest absolute Gasteiger partial charge is 0.508 e. The molecule has 0 fully saturated rings. The van der Waals surface area contributed by atoms with Crippen LogP contribution >= 0.6 is 0 Å². The summed E-state index contributed by atoms with van der Waals surface area (Å²) in [5.41, 5.74) is 7.60. The van der Waals surface area contributed by atoms with Gasteiger partial charge in [-0.15, -0.1) is 0 Å². The van der Waals surface area contributed by atoms with Crippen molar-refractivity contribution in [3.05, 3.63) is 29.3 Å². The molecule has 0 aromatic heterocycles. The minimum Gasteiger partial charge on any atom is -0.508 e. The molecule has 4 N–H and O–H groups in total. The van der Waals surface area contributed by atoms with E-state index in [1.54, 1.807) is 12.1 Å². The van der Waals surface area contributed by atoms with Gasteiger partial charge >= 0.3 is 0 Å². The lowest BCUT2D eigenvalue weighted by Gasteiger charge is -2.27. The average molecular weight is 179 g/mol. The molecule has 1 aromatic rings. The van der Waals surface area contributed by atoms with E-state index in [1.807, 2.05) is 6.07 Å². The lowest BCUT2D eigenvalue weighted by molar-refractivity contribution is 0.136. The average Bonchev–Trinajstić information content (AvgIpc) is 2.09. The van der Waals surface area contributed by atoms with Crippen LogP contribution in [0.5, 0.6) is 5.75 Å². The Balaban J connectivity index is 2.42. The van der Waals surface area contributed by atoms with Gasteiger partial charge in [-0.05, 0) is 23.6 Å². The molecule has 2 atom stereocenters. The van der Waals surface area contributed by atoms with Crippen molar-refractivity contribution in [3.63, 3.8) is 0 Å². The molecular formula is C10H13NO2. The maximum Gasteiger partial charge on any atom is 0.119 e. The smallest absolute Gasteiger partial charge is 0.119 e. The molecule has 0 heterocycles. The highest BCUT2D eigenvalue weighted by atomic mass is 16.3. The second kappa shape index (κ2) is 3.01. The van der Waals surface area contributed by atoms with E-state index in [0.29, 0.717) is 18.6 Å². The van der Waals surface area contributed by atoms with Gasteiger partial charge in [0.1, 0.15) is 5.75 Å². The quantitative estimate of drug-likeness (QED) is 0.532. The summed E-state index contributed by atoms with van der Waals surface area (Å²) in [6.45, 7) is 0. The SMILES string of the molecule is NC1Cc2c(O)cccc2CC1O. The van der Waals surface area contributed by atoms with Crippen molar-refractivity contribution in [3.8, 4) is 5.75 Å². The van der Waals surface area contributed by atoms with Crippen molar-refractivity contribution < 1.29 is 10.2 Å². The fourth-order valence-electron chi connectivity index (χ4n) is 1.80. The Bertz CT molecular complexity index is 325. The van der Waals surface area contributed by atoms with Crippen LogP contribution < -0.4 is 5.73 Å². The van der Waals surface area contributed by atoms with Crippen molar-refractivity contribution in [2.75, 3.05) is 0 Å². The Morgan fingerprint density at radius 3 is 2.85 bits per heavy atom. The first-order valence-corrected chi connectivity index (χ1v) is 4.42. The Labute approximate surface area is 76.8 Å². The third-order valence-corrected chi connectivity index (χ3v) is 2.61. The second-order valence-corrected chi connectivity index (χ2v) is 3.55. The predicted molar refractivity (Wildman–Crippen MR) is 49.5 cm³/mol. The van der Waals surface area contributed by atoms with Crippen LogP contribution in [0.15, 0.2) is 18.2 Å². The molecule has 0 bridgehead atoms. The van der Waals surface area contributed by atoms with Crippen LogP contribution in [0.3, 0.4) is 0 Å². The van der Waals surface area contributed by atoms with Crippen LogP contribution in [0.25, 0.3) is 0 Å². The Morgan fingerprint density at radius 1 is 1.31 bits per heavy atom. The molecule has 0 saturated carbocycles. The number of hydrogen-bond donors (Lipinski definition) is 3. The van der Waals surface area contributed by atoms with Crippen LogP contribution in [0.2, 0.25) is 0 Å². The molecule has 1 aliphatic carbocycles. The molecule has 2 rings (SSSR count). The zero-order valence-electron chi connectivity index (χ0n) is 7.27. The zero-order valence-corrected chi connectivity index (χ0v) is 7.27. The van der Waals surface area contributed by atoms with E-state index in [4.69, 9.17) is 5.73 Å². The van der Waals surface area contributed by atoms with Gasteiger partial charge < -0.3 is 15.9 Å². The molecule has 3 heteroatoms. The lowest BCUT2D eigenvalue weighted by atomic mass is 9.86. The number of fused-ring (bicyclic) bond motifs is 1. The molecule has 13 heavy (non-hydrogen) atoms. The van der Waals surface area contributed by atoms with Crippen LogP contribution in [0.1, 0.15) is 11.1 Å². The summed E-state index contributed by atoms with van der Waals surface area (Å²) in [4.78, 5) is 0. The summed E-state index contributed by atoms with van der Waals surface area (Å²) in [6.07, 6.45) is 0.628. The molecule has 2 unspecified atom stereocenters. The molecule has 70 valence electrons. The van der Waals surface area contributed by atoms with Gasteiger partial charge in [0.2, 0.25) is 0 Å². The molecule has 1 aliphatic rings. The van der Waals surface area contributed by atoms with Crippen molar-refractivity contribution >= 4 is 0 Å². The van der Waals surface area contributed by atoms with Crippen molar-refractivity contribution in [2.45, 2.75) is 25.0 Å². The fraction of sp³-hybridized carbons (Fsp3) is 0.400. The standard InChI is InChI=1S/C10H13NO2/c11-8-5-7-6(4-10(8)13)2-1-3-9(7)12/h1-3,8,10,12-13H,4-5,11H2. The number of benzene rings is 1. The molecule has 0 spiro atoms. The first-order valence-electron chi connectivity index (χ1n) is 4.42. The molecule has 0 aliphatic heterocycles. The van der Waals surface area contributed by atoms with Crippen molar-refractivity contribution in [1.29, 1.82) is 0 Å². The molecule has 3 nitrogen and oxygen atoms in total. The van der Waals surface area contributed by atoms with Crippen LogP contribution in [0, 0.1) is 0 Å². The lowest BCUT2D eigenvalue weighted by Crippen LogP contribution is -2.41. The molecule has 0 saturated heterocycles. The van der Waals surface area contributed by atoms with Gasteiger partial charge in [-0.25, -0.2) is 0 Å². The maximum atomic E-state index is 9.52. The first-order chi connectivity index (χ1) is 6.18. The summed E-state index contributed by atoms with van der Waals surface area (Å²) in [7, 11) is 0. The predicted octanol–water partition coefficient (Wildman–Crippen LogP) is 0.179. The third-order valence-electron chi connectivity index (χ3n) is 2.61. The van der Waals surface area contributed by atoms with E-state index in [2.05, 4.69) is 0 Å². The van der Waals surface area contributed by atoms with E-state index in [9.17, 15) is 10.2 Å². The minimum atomic E-state index is -0.478. The van der Waals surface area contributed by atoms with Crippen molar-refractivity contribution in [1.82, 2.24) is 0 Å². The molecule has 1 aromatic carbocycles. The van der Waals surface area contributed by atoms with E-state index < -0.39 is 6.10 Å². The van der Waals surface area contributed by atoms with Gasteiger partial charge in [0.25, 0.3) is 0 Å². The van der Waals surface area contributed by atoms with Crippen molar-refractivity contribution in [2.24, 2.45) is 5.73 Å². The number of phenolic OH excluding ortho intramolecular Hbond substituents is 1. The number of aliphatic hydroxyl groups excluding tert-OH is 1. The number of rotatable bonds is 0. The number of phenols is 1. The zero-order chi connectivity index (χ0) is 9.42. The summed E-state index contributed by atoms with van der Waals surface area (Å²) >= 11 is 0. The number of aromatic hydroxyl groups is 1. The Kier molecular flexibility index (Phi) is 1.98. The molecule has 0 radical (unpaired) electrons. The monoisotopic (exact) mass is 179 g/mol. The van der Waals surface area contributed by atoms with Crippen LogP contribution in [-0.2, 0) is 12.8 Å². The van der Waals surface area contributed by atoms with Crippen LogP contribution in [0.4, 0.5) is 0 Å². The summed E-state index contributed by atoms with van der Waals surface area (Å²) in [5.74, 6) is 0.292. The first kappa shape index (κ1) is 8.53. The maximum absolute atomic E-state index is 9.52. The van der Waals surface area contributed by atoms with Gasteiger partial charge in [0.05, 0.1) is 6.10 Å². The summed E-state index contributed by atoms with van der Waals surface area (Å²) in [6, 6.07) is 5.12. The second-order valence-electron chi connectivity index (χ2n) is 3.55. The number of hydrogen-bond acceptors (Lipinski definition) is 3. The number of nitrogens with two attached hydrogens (primary N) is 1. The topological polar surface area (TPSA) is 66.5 Å². The molecule has 0 amide bonds. The minimum absolute atomic E-state index is 0.249. The van der Waals surface area contributed by atoms with Gasteiger partial charge in [0.15, 0.2) is 0 Å². The van der Waals surface area contributed by atoms with E-state index in [1.165, 1.54) is 0 Å². The van der Waals surface area contributed by atoms with E-state index >= 15 is 0 Å². The Hall–Kier alpha value is -1.06.